The van der Waals surface area contributed by atoms with E-state index in [1.165, 1.54) is 63.4 Å². The molecular formula is C122H134Cl4N8O11. The lowest BCUT2D eigenvalue weighted by molar-refractivity contribution is 0.0480. The van der Waals surface area contributed by atoms with Crippen molar-refractivity contribution in [3.8, 4) is 40.2 Å². The third-order valence-corrected chi connectivity index (χ3v) is 32.9. The quantitative estimate of drug-likeness (QED) is 0.0337. The zero-order valence-electron chi connectivity index (χ0n) is 83.8. The number of fused-ring (bicyclic) bond motifs is 10. The summed E-state index contributed by atoms with van der Waals surface area (Å²) >= 11 is 24.1. The van der Waals surface area contributed by atoms with E-state index in [0.717, 1.165) is 299 Å². The number of likely N-dealkylation sites (tertiary alicyclic amines) is 1. The Morgan fingerprint density at radius 1 is 0.310 bits per heavy atom. The first-order chi connectivity index (χ1) is 70.9. The number of carbonyl (C=O) groups excluding carboxylic acids is 4. The molecule has 7 unspecified atom stereocenters. The number of ketones is 4. The highest BCUT2D eigenvalue weighted by Gasteiger charge is 2.45. The molecule has 7 saturated heterocycles. The van der Waals surface area contributed by atoms with Gasteiger partial charge in [-0.25, -0.2) is 0 Å². The molecule has 2 saturated carbocycles. The van der Waals surface area contributed by atoms with Gasteiger partial charge in [-0.15, -0.1) is 0 Å². The number of para-hydroxylation sites is 4. The van der Waals surface area contributed by atoms with Crippen LogP contribution in [0.3, 0.4) is 0 Å². The van der Waals surface area contributed by atoms with E-state index in [4.69, 9.17) is 79.6 Å². The Morgan fingerprint density at radius 3 is 0.959 bits per heavy atom. The van der Waals surface area contributed by atoms with Gasteiger partial charge in [0.25, 0.3) is 0 Å². The molecule has 19 nitrogen and oxygen atoms in total. The Hall–Kier alpha value is -11.4. The molecule has 23 heteroatoms. The third kappa shape index (κ3) is 23.8. The monoisotopic (exact) mass is 2030 g/mol. The highest BCUT2D eigenvalue weighted by molar-refractivity contribution is 6.31. The van der Waals surface area contributed by atoms with Gasteiger partial charge in [-0.1, -0.05) is 168 Å². The van der Waals surface area contributed by atoms with E-state index in [2.05, 4.69) is 68.5 Å². The standard InChI is InChI=1S/C34H37ClN2O2.C32H33ClN2O3.C29H33ClN2O3.C27H31ClN2O3/c1-39-32-10-5-9-30-31(34(38)26-7-3-2-4-8-26)23-36(33(30)32)19-6-20-37-28-17-18-29(37)22-25(21-28)12-11-24-13-15-27(35)16-14-24;1-37-30-10-5-9-28-29(32(36)22-7-3-2-4-8-22)21-34(31(28)30)17-6-18-35-24-13-14-25(35)20-27(19-24)38-26-15-11-23(33)12-16-26;1-34-27-5-2-4-25-26(29(33)19-6-7-19)18-31(28(25)27)14-3-15-32-21-10-11-22(32)17-24(16-21)35-23-12-8-20(30)9-13-23;1-32-25-7-2-6-23-24(27(31)19-8-9-19)18-30(26(23)25)16-4-15-29-14-3-5-22(17-29)33-21-12-10-20(28)11-13-21/h2-5,7-10,13-16,23,25,28-29H,6,11-12,17-22H2,1H3;2-5,7-12,15-16,21,24-25,27H,6,13-14,17-20H2,1H3;2,4-5,8-9,12-13,18-19,21-22,24H,3,6-7,10-11,14-17H2,1H3;2,6-7,10-13,18-19,22H,3-5,8-9,14-17H2,1H3. The van der Waals surface area contributed by atoms with Crippen LogP contribution in [0.5, 0.6) is 40.2 Å². The molecule has 7 aliphatic heterocycles. The van der Waals surface area contributed by atoms with Gasteiger partial charge in [0.05, 0.1) is 50.5 Å². The van der Waals surface area contributed by atoms with Gasteiger partial charge < -0.3 is 51.4 Å². The molecule has 23 rings (SSSR count). The van der Waals surface area contributed by atoms with E-state index >= 15 is 0 Å². The highest BCUT2D eigenvalue weighted by Crippen LogP contribution is 2.46. The van der Waals surface area contributed by atoms with Crippen LogP contribution in [0.4, 0.5) is 0 Å². The van der Waals surface area contributed by atoms with Gasteiger partial charge in [0.15, 0.2) is 23.1 Å². The first-order valence-electron chi connectivity index (χ1n) is 52.9. The minimum absolute atomic E-state index is 0.0448. The Kier molecular flexibility index (Phi) is 32.6. The van der Waals surface area contributed by atoms with Crippen LogP contribution in [0.2, 0.25) is 20.1 Å². The number of hydrogen-bond acceptors (Lipinski definition) is 15. The summed E-state index contributed by atoms with van der Waals surface area (Å²) in [7, 11) is 6.81. The number of piperidine rings is 4. The molecule has 0 N–H and O–H groups in total. The van der Waals surface area contributed by atoms with Crippen LogP contribution in [-0.4, -0.2) is 183 Å². The summed E-state index contributed by atoms with van der Waals surface area (Å²) in [4.78, 5) is 63.3. The Labute approximate surface area is 872 Å². The van der Waals surface area contributed by atoms with Crippen molar-refractivity contribution in [3.63, 3.8) is 0 Å². The predicted molar refractivity (Wildman–Crippen MR) is 581 cm³/mol. The number of benzene rings is 10. The summed E-state index contributed by atoms with van der Waals surface area (Å²) in [6.07, 6.45) is 36.4. The molecular weight excluding hydrogens is 1900 g/mol. The van der Waals surface area contributed by atoms with E-state index in [0.29, 0.717) is 47.6 Å². The zero-order valence-corrected chi connectivity index (χ0v) is 86.8. The fraction of sp³-hybridized carbons (Fsp3) is 0.410. The third-order valence-electron chi connectivity index (χ3n) is 31.9. The average molecular weight is 2030 g/mol. The maximum absolute atomic E-state index is 13.4. The Morgan fingerprint density at radius 2 is 0.621 bits per heavy atom. The number of carbonyl (C=O) groups is 4. The Balaban J connectivity index is 0.000000118. The fourth-order valence-corrected chi connectivity index (χ4v) is 25.1. The van der Waals surface area contributed by atoms with E-state index in [1.807, 2.05) is 225 Å². The van der Waals surface area contributed by atoms with Crippen LogP contribution in [0.15, 0.2) is 255 Å². The van der Waals surface area contributed by atoms with Crippen LogP contribution < -0.4 is 33.2 Å². The van der Waals surface area contributed by atoms with E-state index in [-0.39, 0.29) is 47.5 Å². The van der Waals surface area contributed by atoms with Gasteiger partial charge in [-0.3, -0.25) is 38.8 Å². The topological polar surface area (TPSA) is 166 Å². The summed E-state index contributed by atoms with van der Waals surface area (Å²) in [6.45, 7) is 9.70. The van der Waals surface area contributed by atoms with Gasteiger partial charge in [-0.05, 0) is 288 Å². The van der Waals surface area contributed by atoms with E-state index < -0.39 is 0 Å². The summed E-state index contributed by atoms with van der Waals surface area (Å²) in [5.74, 6) is 7.92. The second-order valence-corrected chi connectivity index (χ2v) is 43.0. The smallest absolute Gasteiger partial charge is 0.195 e. The highest BCUT2D eigenvalue weighted by atomic mass is 35.5. The molecule has 756 valence electrons. The number of methoxy groups -OCH3 is 4. The molecule has 0 spiro atoms. The molecule has 14 aromatic rings. The van der Waals surface area contributed by atoms with Crippen LogP contribution in [0.25, 0.3) is 43.6 Å². The molecule has 145 heavy (non-hydrogen) atoms. The van der Waals surface area contributed by atoms with Gasteiger partial charge >= 0.3 is 0 Å². The van der Waals surface area contributed by atoms with Crippen LogP contribution >= 0.6 is 46.4 Å². The zero-order chi connectivity index (χ0) is 99.6. The number of halogens is 4. The molecule has 10 aromatic carbocycles. The number of aromatic nitrogens is 4. The second-order valence-electron chi connectivity index (χ2n) is 41.3. The van der Waals surface area contributed by atoms with E-state index in [1.54, 1.807) is 28.4 Å². The number of Topliss-reactive ketones (excluding diaryl/α,β-unsaturated/α-hetero) is 2. The summed E-state index contributed by atoms with van der Waals surface area (Å²) < 4.78 is 50.5. The molecule has 0 amide bonds. The maximum Gasteiger partial charge on any atom is 0.195 e. The normalized spacial score (nSPS) is 21.3. The van der Waals surface area contributed by atoms with Crippen molar-refractivity contribution < 1.29 is 52.3 Å². The van der Waals surface area contributed by atoms with Gasteiger partial charge in [0.2, 0.25) is 0 Å². The molecule has 9 fully saturated rings. The lowest BCUT2D eigenvalue weighted by Gasteiger charge is -2.39. The summed E-state index contributed by atoms with van der Waals surface area (Å²) in [5, 5.41) is 6.96. The number of ether oxygens (including phenoxy) is 7. The van der Waals surface area contributed by atoms with Crippen LogP contribution in [0, 0.1) is 17.8 Å². The molecule has 7 atom stereocenters. The van der Waals surface area contributed by atoms with Gasteiger partial charge in [0, 0.05) is 200 Å². The fourth-order valence-electron chi connectivity index (χ4n) is 24.6. The molecule has 2 aliphatic carbocycles. The van der Waals surface area contributed by atoms with E-state index in [9.17, 15) is 19.2 Å². The van der Waals surface area contributed by atoms with Crippen LogP contribution in [0.1, 0.15) is 206 Å². The second kappa shape index (κ2) is 46.8. The number of nitrogens with zero attached hydrogens (tertiary/aromatic N) is 8. The molecule has 4 aromatic heterocycles. The van der Waals surface area contributed by atoms with Crippen molar-refractivity contribution >= 4 is 113 Å². The lowest BCUT2D eigenvalue weighted by Crippen LogP contribution is -2.46. The van der Waals surface area contributed by atoms with Gasteiger partial charge in [0.1, 0.15) is 58.6 Å². The molecule has 11 heterocycles. The van der Waals surface area contributed by atoms with Crippen LogP contribution in [-0.2, 0) is 32.6 Å². The summed E-state index contributed by atoms with van der Waals surface area (Å²) in [6, 6.07) is 78.2. The number of rotatable bonds is 37. The number of aryl methyl sites for hydroxylation is 5. The van der Waals surface area contributed by atoms with Crippen molar-refractivity contribution in [2.75, 3.05) is 67.7 Å². The summed E-state index contributed by atoms with van der Waals surface area (Å²) in [5.41, 5.74) is 10.1. The van der Waals surface area contributed by atoms with Crippen molar-refractivity contribution in [2.24, 2.45) is 17.8 Å². The minimum Gasteiger partial charge on any atom is -0.495 e. The molecule has 6 bridgehead atoms. The first kappa shape index (κ1) is 101. The Bertz CT molecular complexity index is 6760. The predicted octanol–water partition coefficient (Wildman–Crippen LogP) is 27.0. The first-order valence-corrected chi connectivity index (χ1v) is 54.4. The van der Waals surface area contributed by atoms with Crippen molar-refractivity contribution in [1.29, 1.82) is 0 Å². The SMILES string of the molecule is COc1cccc2c(C(=O)C3CC3)cn(CCCN3C4CCC3CC(Oc3ccc(Cl)cc3)C4)c12.COc1cccc2c(C(=O)C3CC3)cn(CCCN3CCCC(Oc4ccc(Cl)cc4)C3)c12.COc1cccc2c(C(=O)c3ccccc3)cn(CCCN3C4CCC3CC(CCc3ccc(Cl)cc3)C4)c12.COc1cccc2c(C(=O)c3ccccc3)cn(CCCN3C4CCC3CC(Oc3ccc(Cl)cc3)C4)c12. The average Bonchev–Trinajstić information content (AvgIpc) is 1.68. The van der Waals surface area contributed by atoms with Crippen molar-refractivity contribution in [1.82, 2.24) is 37.9 Å². The lowest BCUT2D eigenvalue weighted by atomic mass is 9.86. The number of hydrogen-bond donors (Lipinski definition) is 0. The van der Waals surface area contributed by atoms with Crippen molar-refractivity contribution in [2.45, 2.75) is 235 Å². The van der Waals surface area contributed by atoms with Gasteiger partial charge in [-0.2, -0.15) is 0 Å². The maximum atomic E-state index is 13.4. The molecule has 0 radical (unpaired) electrons. The van der Waals surface area contributed by atoms with Crippen molar-refractivity contribution in [3.05, 3.63) is 314 Å². The minimum atomic E-state index is 0.0448. The largest absolute Gasteiger partial charge is 0.495 e. The molecule has 9 aliphatic rings.